The Labute approximate surface area is 135 Å². The number of aromatic nitrogens is 1. The van der Waals surface area contributed by atoms with Crippen LogP contribution in [0.2, 0.25) is 5.15 Å². The molecule has 110 valence electrons. The first-order valence-corrected chi connectivity index (χ1v) is 7.26. The quantitative estimate of drug-likeness (QED) is 0.766. The Bertz CT molecular complexity index is 635. The lowest BCUT2D eigenvalue weighted by molar-refractivity contribution is -0.119. The monoisotopic (exact) mass is 369 g/mol. The molecule has 1 aromatic heterocycles. The van der Waals surface area contributed by atoms with Gasteiger partial charge in [0.15, 0.2) is 6.61 Å². The second-order valence-electron chi connectivity index (χ2n) is 4.25. The zero-order chi connectivity index (χ0) is 15.2. The van der Waals surface area contributed by atoms with Gasteiger partial charge >= 0.3 is 0 Å². The van der Waals surface area contributed by atoms with Crippen LogP contribution in [-0.2, 0) is 11.3 Å². The van der Waals surface area contributed by atoms with E-state index in [-0.39, 0.29) is 6.61 Å². The van der Waals surface area contributed by atoms with Gasteiger partial charge in [0.1, 0.15) is 10.9 Å². The summed E-state index contributed by atoms with van der Waals surface area (Å²) in [6, 6.07) is 9.25. The molecular formula is C14H13BrClN3O2. The van der Waals surface area contributed by atoms with Gasteiger partial charge in [-0.2, -0.15) is 0 Å². The zero-order valence-corrected chi connectivity index (χ0v) is 13.3. The molecule has 0 radical (unpaired) electrons. The Morgan fingerprint density at radius 1 is 1.38 bits per heavy atom. The minimum Gasteiger partial charge on any atom is -0.484 e. The zero-order valence-electron chi connectivity index (χ0n) is 11.0. The van der Waals surface area contributed by atoms with Crippen LogP contribution in [0.3, 0.4) is 0 Å². The molecule has 0 unspecified atom stereocenters. The average molecular weight is 371 g/mol. The predicted octanol–water partition coefficient (Wildman–Crippen LogP) is 2.97. The van der Waals surface area contributed by atoms with Crippen LogP contribution < -0.4 is 15.8 Å². The number of hydrogen-bond acceptors (Lipinski definition) is 4. The fourth-order valence-electron chi connectivity index (χ4n) is 1.58. The van der Waals surface area contributed by atoms with Crippen molar-refractivity contribution in [2.45, 2.75) is 6.54 Å². The third-order valence-corrected chi connectivity index (χ3v) is 3.73. The van der Waals surface area contributed by atoms with Crippen molar-refractivity contribution < 1.29 is 9.53 Å². The van der Waals surface area contributed by atoms with Crippen molar-refractivity contribution in [2.75, 3.05) is 11.9 Å². The van der Waals surface area contributed by atoms with Crippen molar-refractivity contribution in [2.24, 2.45) is 5.73 Å². The van der Waals surface area contributed by atoms with E-state index in [9.17, 15) is 4.79 Å². The number of halogens is 2. The standard InChI is InChI=1S/C14H13BrClN3O2/c15-12-5-10(7-19-14(12)16)18-6-9-1-3-11(4-2-9)21-8-13(17)20/h1-5,7,18H,6,8H2,(H2,17,20). The summed E-state index contributed by atoms with van der Waals surface area (Å²) in [4.78, 5) is 14.7. The first-order valence-electron chi connectivity index (χ1n) is 6.09. The molecule has 21 heavy (non-hydrogen) atoms. The van der Waals surface area contributed by atoms with E-state index in [0.29, 0.717) is 17.4 Å². The van der Waals surface area contributed by atoms with Crippen molar-refractivity contribution in [3.05, 3.63) is 51.7 Å². The normalized spacial score (nSPS) is 10.2. The molecule has 3 N–H and O–H groups in total. The number of nitrogens with one attached hydrogen (secondary N) is 1. The molecule has 0 saturated heterocycles. The SMILES string of the molecule is NC(=O)COc1ccc(CNc2cnc(Cl)c(Br)c2)cc1. The molecule has 1 amide bonds. The molecule has 2 rings (SSSR count). The van der Waals surface area contributed by atoms with Gasteiger partial charge in [0.05, 0.1) is 16.4 Å². The maximum Gasteiger partial charge on any atom is 0.255 e. The molecule has 7 heteroatoms. The van der Waals surface area contributed by atoms with Gasteiger partial charge in [-0.15, -0.1) is 0 Å². The van der Waals surface area contributed by atoms with Crippen LogP contribution in [0, 0.1) is 0 Å². The van der Waals surface area contributed by atoms with Crippen molar-refractivity contribution in [3.8, 4) is 5.75 Å². The lowest BCUT2D eigenvalue weighted by Crippen LogP contribution is -2.19. The summed E-state index contributed by atoms with van der Waals surface area (Å²) in [6.07, 6.45) is 1.66. The first-order chi connectivity index (χ1) is 10.0. The van der Waals surface area contributed by atoms with Crippen molar-refractivity contribution in [3.63, 3.8) is 0 Å². The summed E-state index contributed by atoms with van der Waals surface area (Å²) in [5.74, 6) is 0.106. The topological polar surface area (TPSA) is 77.2 Å². The van der Waals surface area contributed by atoms with Crippen LogP contribution in [0.5, 0.6) is 5.75 Å². The fraction of sp³-hybridized carbons (Fsp3) is 0.143. The van der Waals surface area contributed by atoms with E-state index in [2.05, 4.69) is 26.2 Å². The summed E-state index contributed by atoms with van der Waals surface area (Å²) < 4.78 is 5.93. The molecule has 0 bridgehead atoms. The molecule has 0 aliphatic rings. The maximum atomic E-state index is 10.6. The number of carbonyl (C=O) groups is 1. The number of primary amides is 1. The Kier molecular flexibility index (Phi) is 5.41. The van der Waals surface area contributed by atoms with Crippen molar-refractivity contribution >= 4 is 39.1 Å². The molecular weight excluding hydrogens is 358 g/mol. The third-order valence-electron chi connectivity index (χ3n) is 2.60. The molecule has 0 saturated carbocycles. The Hall–Kier alpha value is -1.79. The van der Waals surface area contributed by atoms with Crippen molar-refractivity contribution in [1.82, 2.24) is 4.98 Å². The fourth-order valence-corrected chi connectivity index (χ4v) is 2.03. The molecule has 0 atom stereocenters. The number of carbonyl (C=O) groups excluding carboxylic acids is 1. The van der Waals surface area contributed by atoms with E-state index in [1.165, 1.54) is 0 Å². The smallest absolute Gasteiger partial charge is 0.255 e. The van der Waals surface area contributed by atoms with E-state index < -0.39 is 5.91 Å². The second-order valence-corrected chi connectivity index (χ2v) is 5.46. The third kappa shape index (κ3) is 4.91. The maximum absolute atomic E-state index is 10.6. The number of hydrogen-bond donors (Lipinski definition) is 2. The molecule has 0 fully saturated rings. The highest BCUT2D eigenvalue weighted by Gasteiger charge is 2.01. The summed E-state index contributed by atoms with van der Waals surface area (Å²) in [7, 11) is 0. The molecule has 1 aromatic carbocycles. The van der Waals surface area contributed by atoms with Gasteiger partial charge in [0.2, 0.25) is 0 Å². The number of ether oxygens (including phenoxy) is 1. The minimum absolute atomic E-state index is 0.123. The number of anilines is 1. The van der Waals surface area contributed by atoms with Gasteiger partial charge in [-0.05, 0) is 39.7 Å². The van der Waals surface area contributed by atoms with Gasteiger partial charge in [0, 0.05) is 6.54 Å². The van der Waals surface area contributed by atoms with Crippen molar-refractivity contribution in [1.29, 1.82) is 0 Å². The van der Waals surface area contributed by atoms with E-state index >= 15 is 0 Å². The number of pyridine rings is 1. The van der Waals surface area contributed by atoms with Gasteiger partial charge in [0.25, 0.3) is 5.91 Å². The van der Waals surface area contributed by atoms with Crippen LogP contribution in [0.4, 0.5) is 5.69 Å². The lowest BCUT2D eigenvalue weighted by atomic mass is 10.2. The van der Waals surface area contributed by atoms with E-state index in [1.54, 1.807) is 18.3 Å². The van der Waals surface area contributed by atoms with Gasteiger partial charge in [-0.25, -0.2) is 4.98 Å². The van der Waals surface area contributed by atoms with Crippen LogP contribution in [0.1, 0.15) is 5.56 Å². The summed E-state index contributed by atoms with van der Waals surface area (Å²) in [6.45, 7) is 0.508. The van der Waals surface area contributed by atoms with Crippen LogP contribution in [0.25, 0.3) is 0 Å². The summed E-state index contributed by atoms with van der Waals surface area (Å²) >= 11 is 9.16. The molecule has 0 aliphatic carbocycles. The second kappa shape index (κ2) is 7.28. The molecule has 0 aliphatic heterocycles. The minimum atomic E-state index is -0.499. The van der Waals surface area contributed by atoms with Gasteiger partial charge < -0.3 is 15.8 Å². The van der Waals surface area contributed by atoms with Crippen LogP contribution in [-0.4, -0.2) is 17.5 Å². The molecule has 0 spiro atoms. The number of benzene rings is 1. The molecule has 5 nitrogen and oxygen atoms in total. The highest BCUT2D eigenvalue weighted by Crippen LogP contribution is 2.23. The number of rotatable bonds is 6. The highest BCUT2D eigenvalue weighted by molar-refractivity contribution is 9.10. The van der Waals surface area contributed by atoms with E-state index in [0.717, 1.165) is 15.7 Å². The number of amides is 1. The number of nitrogens with two attached hydrogens (primary N) is 1. The Morgan fingerprint density at radius 2 is 2.10 bits per heavy atom. The van der Waals surface area contributed by atoms with Gasteiger partial charge in [-0.1, -0.05) is 23.7 Å². The molecule has 1 heterocycles. The Balaban J connectivity index is 1.91. The predicted molar refractivity (Wildman–Crippen MR) is 85.4 cm³/mol. The first kappa shape index (κ1) is 15.6. The van der Waals surface area contributed by atoms with Crippen LogP contribution in [0.15, 0.2) is 41.0 Å². The highest BCUT2D eigenvalue weighted by atomic mass is 79.9. The van der Waals surface area contributed by atoms with Crippen LogP contribution >= 0.6 is 27.5 Å². The summed E-state index contributed by atoms with van der Waals surface area (Å²) in [5.41, 5.74) is 6.94. The van der Waals surface area contributed by atoms with Gasteiger partial charge in [-0.3, -0.25) is 4.79 Å². The Morgan fingerprint density at radius 3 is 2.71 bits per heavy atom. The summed E-state index contributed by atoms with van der Waals surface area (Å²) in [5, 5.41) is 3.66. The lowest BCUT2D eigenvalue weighted by Gasteiger charge is -2.08. The number of nitrogens with zero attached hydrogens (tertiary/aromatic N) is 1. The largest absolute Gasteiger partial charge is 0.484 e. The average Bonchev–Trinajstić information content (AvgIpc) is 2.47. The van der Waals surface area contributed by atoms with E-state index in [4.69, 9.17) is 22.1 Å². The van der Waals surface area contributed by atoms with E-state index in [1.807, 2.05) is 18.2 Å². The molecule has 2 aromatic rings.